The Bertz CT molecular complexity index is 440. The van der Waals surface area contributed by atoms with Gasteiger partial charge in [-0.1, -0.05) is 27.7 Å². The first kappa shape index (κ1) is 16.2. The molecule has 110 valence electrons. The van der Waals surface area contributed by atoms with Crippen molar-refractivity contribution in [1.29, 1.82) is 0 Å². The molecule has 0 radical (unpaired) electrons. The fourth-order valence-electron chi connectivity index (χ4n) is 1.68. The molecule has 0 unspecified atom stereocenters. The van der Waals surface area contributed by atoms with E-state index in [-0.39, 0.29) is 5.03 Å². The lowest BCUT2D eigenvalue weighted by atomic mass is 10.1. The molecule has 0 aliphatic heterocycles. The Morgan fingerprint density at radius 2 is 1.68 bits per heavy atom. The van der Waals surface area contributed by atoms with Crippen LogP contribution in [0.4, 0.5) is 0 Å². The van der Waals surface area contributed by atoms with Crippen LogP contribution >= 0.6 is 0 Å². The average molecular weight is 287 g/mol. The molecule has 1 aromatic heterocycles. The minimum Gasteiger partial charge on any atom is -0.266 e. The van der Waals surface area contributed by atoms with E-state index in [1.807, 2.05) is 0 Å². The van der Waals surface area contributed by atoms with Crippen molar-refractivity contribution in [3.8, 4) is 0 Å². The van der Waals surface area contributed by atoms with E-state index in [0.29, 0.717) is 24.9 Å². The Morgan fingerprint density at radius 3 is 2.05 bits per heavy atom. The van der Waals surface area contributed by atoms with Gasteiger partial charge in [-0.15, -0.1) is 0 Å². The zero-order valence-corrected chi connectivity index (χ0v) is 13.1. The van der Waals surface area contributed by atoms with E-state index in [1.54, 1.807) is 4.31 Å². The van der Waals surface area contributed by atoms with Gasteiger partial charge < -0.3 is 0 Å². The lowest BCUT2D eigenvalue weighted by molar-refractivity contribution is 0.356. The highest BCUT2D eigenvalue weighted by Gasteiger charge is 2.25. The second kappa shape index (κ2) is 7.05. The number of nitrogens with zero attached hydrogens (tertiary/aromatic N) is 2. The molecule has 6 heteroatoms. The molecule has 1 rings (SSSR count). The van der Waals surface area contributed by atoms with Gasteiger partial charge in [0.2, 0.25) is 0 Å². The van der Waals surface area contributed by atoms with Crippen molar-refractivity contribution in [1.82, 2.24) is 14.5 Å². The first-order chi connectivity index (χ1) is 8.84. The highest BCUT2D eigenvalue weighted by Crippen LogP contribution is 2.16. The fourth-order valence-corrected chi connectivity index (χ4v) is 3.05. The summed E-state index contributed by atoms with van der Waals surface area (Å²) in [5.41, 5.74) is 0. The Labute approximate surface area is 116 Å². The van der Waals surface area contributed by atoms with Crippen molar-refractivity contribution in [3.05, 3.63) is 12.3 Å². The van der Waals surface area contributed by atoms with Gasteiger partial charge in [0.15, 0.2) is 5.03 Å². The number of sulfonamides is 1. The summed E-state index contributed by atoms with van der Waals surface area (Å²) in [6.07, 6.45) is 3.20. The first-order valence-corrected chi connectivity index (χ1v) is 8.27. The smallest absolute Gasteiger partial charge is 0.259 e. The number of nitrogens with one attached hydrogen (secondary N) is 1. The molecule has 1 N–H and O–H groups in total. The fraction of sp³-hybridized carbons (Fsp3) is 0.769. The van der Waals surface area contributed by atoms with Gasteiger partial charge in [0, 0.05) is 13.1 Å². The van der Waals surface area contributed by atoms with Crippen LogP contribution in [-0.2, 0) is 10.0 Å². The Kier molecular flexibility index (Phi) is 6.00. The maximum absolute atomic E-state index is 12.5. The average Bonchev–Trinajstić information content (AvgIpc) is 2.81. The normalized spacial score (nSPS) is 12.8. The van der Waals surface area contributed by atoms with E-state index in [0.717, 1.165) is 12.8 Å². The number of hydrogen-bond donors (Lipinski definition) is 1. The van der Waals surface area contributed by atoms with Crippen molar-refractivity contribution in [2.24, 2.45) is 11.8 Å². The number of rotatable bonds is 8. The molecule has 0 saturated heterocycles. The maximum Gasteiger partial charge on any atom is 0.259 e. The quantitative estimate of drug-likeness (QED) is 0.799. The van der Waals surface area contributed by atoms with Crippen molar-refractivity contribution < 1.29 is 8.42 Å². The summed E-state index contributed by atoms with van der Waals surface area (Å²) < 4.78 is 26.5. The summed E-state index contributed by atoms with van der Waals surface area (Å²) in [7, 11) is -3.43. The van der Waals surface area contributed by atoms with Gasteiger partial charge in [-0.3, -0.25) is 5.10 Å². The van der Waals surface area contributed by atoms with Gasteiger partial charge in [-0.2, -0.15) is 9.40 Å². The third-order valence-corrected chi connectivity index (χ3v) is 4.83. The molecule has 1 heterocycles. The number of aromatic amines is 1. The molecule has 0 spiro atoms. The minimum atomic E-state index is -3.43. The van der Waals surface area contributed by atoms with Gasteiger partial charge in [0.05, 0.1) is 6.20 Å². The lowest BCUT2D eigenvalue weighted by Crippen LogP contribution is -2.34. The molecule has 0 atom stereocenters. The molecule has 0 amide bonds. The van der Waals surface area contributed by atoms with Crippen molar-refractivity contribution >= 4 is 10.0 Å². The standard InChI is InChI=1S/C13H25N3O2S/c1-11(2)6-9-16(10-7-12(3)4)19(17,18)13-5-8-14-15-13/h5,8,11-12H,6-7,9-10H2,1-4H3,(H,14,15). The molecule has 0 aliphatic carbocycles. The molecule has 0 aliphatic rings. The number of aromatic nitrogens is 2. The van der Waals surface area contributed by atoms with Gasteiger partial charge >= 0.3 is 0 Å². The van der Waals surface area contributed by atoms with Gasteiger partial charge in [-0.25, -0.2) is 8.42 Å². The molecule has 5 nitrogen and oxygen atoms in total. The van der Waals surface area contributed by atoms with E-state index < -0.39 is 10.0 Å². The summed E-state index contributed by atoms with van der Waals surface area (Å²) in [5.74, 6) is 0.969. The van der Waals surface area contributed by atoms with Gasteiger partial charge in [-0.05, 0) is 30.7 Å². The molecule has 1 aromatic rings. The monoisotopic (exact) mass is 287 g/mol. The van der Waals surface area contributed by atoms with Crippen LogP contribution in [-0.4, -0.2) is 36.0 Å². The minimum absolute atomic E-state index is 0.181. The van der Waals surface area contributed by atoms with E-state index in [4.69, 9.17) is 0 Å². The summed E-state index contributed by atoms with van der Waals surface area (Å²) in [4.78, 5) is 0. The van der Waals surface area contributed by atoms with Crippen molar-refractivity contribution in [2.75, 3.05) is 13.1 Å². The van der Waals surface area contributed by atoms with E-state index in [9.17, 15) is 8.42 Å². The van der Waals surface area contributed by atoms with Gasteiger partial charge in [0.1, 0.15) is 0 Å². The number of hydrogen-bond acceptors (Lipinski definition) is 3. The largest absolute Gasteiger partial charge is 0.266 e. The van der Waals surface area contributed by atoms with E-state index in [1.165, 1.54) is 12.3 Å². The van der Waals surface area contributed by atoms with Crippen LogP contribution in [0.25, 0.3) is 0 Å². The second-order valence-corrected chi connectivity index (χ2v) is 7.60. The highest BCUT2D eigenvalue weighted by molar-refractivity contribution is 7.89. The molecule has 0 aromatic carbocycles. The zero-order valence-electron chi connectivity index (χ0n) is 12.3. The predicted molar refractivity (Wildman–Crippen MR) is 76.3 cm³/mol. The molecule has 0 fully saturated rings. The summed E-state index contributed by atoms with van der Waals surface area (Å²) >= 11 is 0. The maximum atomic E-state index is 12.5. The number of H-pyrrole nitrogens is 1. The van der Waals surface area contributed by atoms with Crippen LogP contribution in [0, 0.1) is 11.8 Å². The van der Waals surface area contributed by atoms with E-state index >= 15 is 0 Å². The van der Waals surface area contributed by atoms with Crippen LogP contribution in [0.1, 0.15) is 40.5 Å². The van der Waals surface area contributed by atoms with Crippen molar-refractivity contribution in [2.45, 2.75) is 45.6 Å². The predicted octanol–water partition coefficient (Wildman–Crippen LogP) is 2.49. The Morgan fingerprint density at radius 1 is 1.16 bits per heavy atom. The molecule has 19 heavy (non-hydrogen) atoms. The Balaban J connectivity index is 2.82. The third kappa shape index (κ3) is 4.95. The summed E-state index contributed by atoms with van der Waals surface area (Å²) in [5, 5.41) is 6.46. The van der Waals surface area contributed by atoms with Crippen LogP contribution < -0.4 is 0 Å². The Hall–Kier alpha value is -0.880. The molecular weight excluding hydrogens is 262 g/mol. The zero-order chi connectivity index (χ0) is 14.5. The highest BCUT2D eigenvalue weighted by atomic mass is 32.2. The topological polar surface area (TPSA) is 66.1 Å². The molecule has 0 bridgehead atoms. The lowest BCUT2D eigenvalue weighted by Gasteiger charge is -2.23. The van der Waals surface area contributed by atoms with Crippen molar-refractivity contribution in [3.63, 3.8) is 0 Å². The van der Waals surface area contributed by atoms with E-state index in [2.05, 4.69) is 37.9 Å². The summed E-state index contributed by atoms with van der Waals surface area (Å²) in [6, 6.07) is 1.51. The summed E-state index contributed by atoms with van der Waals surface area (Å²) in [6.45, 7) is 9.53. The van der Waals surface area contributed by atoms with Gasteiger partial charge in [0.25, 0.3) is 10.0 Å². The van der Waals surface area contributed by atoms with Crippen LogP contribution in [0.3, 0.4) is 0 Å². The van der Waals surface area contributed by atoms with Crippen LogP contribution in [0.15, 0.2) is 17.3 Å². The van der Waals surface area contributed by atoms with Crippen LogP contribution in [0.2, 0.25) is 0 Å². The SMILES string of the molecule is CC(C)CCN(CCC(C)C)S(=O)(=O)c1ccn[nH]1. The van der Waals surface area contributed by atoms with Crippen LogP contribution in [0.5, 0.6) is 0 Å². The third-order valence-electron chi connectivity index (χ3n) is 3.00. The molecular formula is C13H25N3O2S. The first-order valence-electron chi connectivity index (χ1n) is 6.83. The molecule has 0 saturated carbocycles. The second-order valence-electron chi connectivity index (χ2n) is 5.69.